The molecular formula is C40H44Cl4O4. The first-order valence-corrected chi connectivity index (χ1v) is 18.5. The van der Waals surface area contributed by atoms with Crippen LogP contribution >= 0.6 is 46.4 Å². The van der Waals surface area contributed by atoms with Crippen molar-refractivity contribution in [1.82, 2.24) is 0 Å². The molecule has 1 aliphatic carbocycles. The predicted octanol–water partition coefficient (Wildman–Crippen LogP) is 10.5. The third-order valence-electron chi connectivity index (χ3n) is 9.19. The van der Waals surface area contributed by atoms with Crippen LogP contribution in [0.2, 0.25) is 0 Å². The molecule has 0 atom stereocenters. The van der Waals surface area contributed by atoms with Crippen molar-refractivity contribution in [3.05, 3.63) is 115 Å². The molecule has 0 fully saturated rings. The van der Waals surface area contributed by atoms with Crippen LogP contribution in [0.1, 0.15) is 79.6 Å². The zero-order chi connectivity index (χ0) is 34.2. The number of alkyl halides is 4. The van der Waals surface area contributed by atoms with E-state index in [1.807, 2.05) is 0 Å². The van der Waals surface area contributed by atoms with Gasteiger partial charge in [-0.25, -0.2) is 0 Å². The summed E-state index contributed by atoms with van der Waals surface area (Å²) in [5.41, 5.74) is 13.1. The maximum atomic E-state index is 6.45. The Morgan fingerprint density at radius 1 is 0.375 bits per heavy atom. The molecule has 0 saturated carbocycles. The molecule has 8 bridgehead atoms. The van der Waals surface area contributed by atoms with Crippen LogP contribution in [0.25, 0.3) is 0 Å². The van der Waals surface area contributed by atoms with Gasteiger partial charge in [-0.3, -0.25) is 0 Å². The largest absolute Gasteiger partial charge is 0.496 e. The van der Waals surface area contributed by atoms with E-state index in [1.165, 1.54) is 0 Å². The van der Waals surface area contributed by atoms with Crippen LogP contribution in [-0.4, -0.2) is 28.4 Å². The van der Waals surface area contributed by atoms with E-state index in [2.05, 4.69) is 48.5 Å². The fraction of sp³-hybridized carbons (Fsp3) is 0.400. The van der Waals surface area contributed by atoms with E-state index in [1.54, 1.807) is 28.4 Å². The van der Waals surface area contributed by atoms with Crippen molar-refractivity contribution in [3.8, 4) is 23.0 Å². The number of hydrogen-bond donors (Lipinski definition) is 0. The van der Waals surface area contributed by atoms with Gasteiger partial charge < -0.3 is 18.9 Å². The molecule has 0 saturated heterocycles. The van der Waals surface area contributed by atoms with Gasteiger partial charge in [0.1, 0.15) is 23.0 Å². The third-order valence-corrected chi connectivity index (χ3v) is 10.4. The molecule has 0 N–H and O–H groups in total. The highest BCUT2D eigenvalue weighted by atomic mass is 35.5. The maximum absolute atomic E-state index is 6.45. The summed E-state index contributed by atoms with van der Waals surface area (Å²) in [6, 6.07) is 17.3. The van der Waals surface area contributed by atoms with Crippen LogP contribution in [-0.2, 0) is 62.0 Å². The van der Waals surface area contributed by atoms with Gasteiger partial charge in [0, 0.05) is 36.4 Å². The van der Waals surface area contributed by atoms with E-state index in [0.717, 1.165) is 128 Å². The van der Waals surface area contributed by atoms with Gasteiger partial charge in [-0.2, -0.15) is 0 Å². The van der Waals surface area contributed by atoms with Gasteiger partial charge in [0.15, 0.2) is 0 Å². The average molecular weight is 731 g/mol. The first-order valence-electron chi connectivity index (χ1n) is 16.4. The third kappa shape index (κ3) is 8.16. The standard InChI is InChI=1S/C40H44Cl4O4/c1-45-37-29-7-5-8-30-13-27(23-43)17-35(39(30)47-3)20-36-18-28(24-44)14-32(40(36)48-4)10-6-9-31-12-26(22-42)16-34(38(31)46-2)19-33(37)15-25(11-29)21-41/h11-18H,5-10,19-24H2,1-4H3. The zero-order valence-corrected chi connectivity index (χ0v) is 31.3. The molecule has 5 rings (SSSR count). The molecule has 0 unspecified atom stereocenters. The molecule has 0 amide bonds. The van der Waals surface area contributed by atoms with Gasteiger partial charge in [-0.1, -0.05) is 48.5 Å². The molecule has 256 valence electrons. The number of rotatable bonds is 8. The Morgan fingerprint density at radius 3 is 0.771 bits per heavy atom. The topological polar surface area (TPSA) is 36.9 Å². The van der Waals surface area contributed by atoms with E-state index < -0.39 is 0 Å². The Morgan fingerprint density at radius 2 is 0.583 bits per heavy atom. The first-order chi connectivity index (χ1) is 23.4. The maximum Gasteiger partial charge on any atom is 0.125 e. The minimum Gasteiger partial charge on any atom is -0.496 e. The van der Waals surface area contributed by atoms with E-state index in [-0.39, 0.29) is 0 Å². The zero-order valence-electron chi connectivity index (χ0n) is 28.2. The molecule has 0 aromatic heterocycles. The van der Waals surface area contributed by atoms with Gasteiger partial charge in [-0.15, -0.1) is 46.4 Å². The van der Waals surface area contributed by atoms with Gasteiger partial charge >= 0.3 is 0 Å². The Hall–Kier alpha value is -2.76. The van der Waals surface area contributed by atoms with Crippen molar-refractivity contribution in [1.29, 1.82) is 0 Å². The SMILES string of the molecule is COc1c2cc(CCl)cc1Cc1cc(CCl)cc(c1OC)CCCc1cc(CCl)cc(c1OC)Cc1cc(CCl)cc(c1OC)CCC2. The van der Waals surface area contributed by atoms with Gasteiger partial charge in [0.2, 0.25) is 0 Å². The average Bonchev–Trinajstić information content (AvgIpc) is 3.10. The summed E-state index contributed by atoms with van der Waals surface area (Å²) in [4.78, 5) is 0. The number of fused-ring (bicyclic) bond motifs is 8. The van der Waals surface area contributed by atoms with Crippen molar-refractivity contribution in [3.63, 3.8) is 0 Å². The van der Waals surface area contributed by atoms with Gasteiger partial charge in [-0.05, 0) is 105 Å². The van der Waals surface area contributed by atoms with Crippen molar-refractivity contribution in [2.45, 2.75) is 74.9 Å². The summed E-state index contributed by atoms with van der Waals surface area (Å²) in [5, 5.41) is 0. The predicted molar refractivity (Wildman–Crippen MR) is 200 cm³/mol. The number of methoxy groups -OCH3 is 4. The Bertz CT molecular complexity index is 1490. The van der Waals surface area contributed by atoms with E-state index in [9.17, 15) is 0 Å². The van der Waals surface area contributed by atoms with Crippen LogP contribution in [0.3, 0.4) is 0 Å². The van der Waals surface area contributed by atoms with Crippen molar-refractivity contribution in [2.75, 3.05) is 28.4 Å². The Labute approximate surface area is 305 Å². The normalized spacial score (nSPS) is 13.5. The molecular weight excluding hydrogens is 686 g/mol. The van der Waals surface area contributed by atoms with Gasteiger partial charge in [0.25, 0.3) is 0 Å². The minimum atomic E-state index is 0.415. The second-order valence-electron chi connectivity index (χ2n) is 12.4. The summed E-state index contributed by atoms with van der Waals surface area (Å²) in [6.07, 6.45) is 6.26. The molecule has 4 nitrogen and oxygen atoms in total. The highest BCUT2D eigenvalue weighted by molar-refractivity contribution is 6.17. The van der Waals surface area contributed by atoms with Crippen molar-refractivity contribution >= 4 is 46.4 Å². The van der Waals surface area contributed by atoms with Crippen molar-refractivity contribution < 1.29 is 18.9 Å². The van der Waals surface area contributed by atoms with Crippen LogP contribution < -0.4 is 18.9 Å². The second-order valence-corrected chi connectivity index (χ2v) is 13.5. The van der Waals surface area contributed by atoms with E-state index in [0.29, 0.717) is 36.4 Å². The number of aryl methyl sites for hydroxylation is 4. The number of benzene rings is 4. The summed E-state index contributed by atoms with van der Waals surface area (Å²) in [6.45, 7) is 0. The summed E-state index contributed by atoms with van der Waals surface area (Å²) in [7, 11) is 6.99. The number of ether oxygens (including phenoxy) is 4. The molecule has 0 spiro atoms. The lowest BCUT2D eigenvalue weighted by Crippen LogP contribution is -2.07. The number of halogens is 4. The minimum absolute atomic E-state index is 0.415. The number of hydrogen-bond acceptors (Lipinski definition) is 4. The smallest absolute Gasteiger partial charge is 0.125 e. The lowest BCUT2D eigenvalue weighted by molar-refractivity contribution is 0.397. The molecule has 1 aliphatic rings. The first kappa shape index (κ1) is 36.5. The summed E-state index contributed by atoms with van der Waals surface area (Å²) >= 11 is 25.8. The van der Waals surface area contributed by atoms with Crippen LogP contribution in [0, 0.1) is 0 Å². The molecule has 0 radical (unpaired) electrons. The van der Waals surface area contributed by atoms with Crippen LogP contribution in [0.15, 0.2) is 48.5 Å². The highest BCUT2D eigenvalue weighted by Gasteiger charge is 2.21. The lowest BCUT2D eigenvalue weighted by atomic mass is 9.90. The Balaban J connectivity index is 1.68. The Kier molecular flexibility index (Phi) is 13.1. The fourth-order valence-corrected chi connectivity index (χ4v) is 7.90. The van der Waals surface area contributed by atoms with E-state index in [4.69, 9.17) is 65.4 Å². The molecule has 48 heavy (non-hydrogen) atoms. The molecule has 8 heteroatoms. The fourth-order valence-electron chi connectivity index (χ4n) is 7.28. The van der Waals surface area contributed by atoms with Crippen LogP contribution in [0.4, 0.5) is 0 Å². The van der Waals surface area contributed by atoms with Crippen LogP contribution in [0.5, 0.6) is 23.0 Å². The van der Waals surface area contributed by atoms with Crippen molar-refractivity contribution in [2.24, 2.45) is 0 Å². The monoisotopic (exact) mass is 728 g/mol. The second kappa shape index (κ2) is 17.3. The summed E-state index contributed by atoms with van der Waals surface area (Å²) in [5.74, 6) is 5.22. The quantitative estimate of drug-likeness (QED) is 0.169. The van der Waals surface area contributed by atoms with Gasteiger partial charge in [0.05, 0.1) is 28.4 Å². The molecule has 0 heterocycles. The summed E-state index contributed by atoms with van der Waals surface area (Å²) < 4.78 is 24.4. The molecule has 0 aliphatic heterocycles. The molecule has 4 aromatic rings. The lowest BCUT2D eigenvalue weighted by Gasteiger charge is -2.21. The molecule has 4 aromatic carbocycles. The highest BCUT2D eigenvalue weighted by Crippen LogP contribution is 2.38. The van der Waals surface area contributed by atoms with E-state index >= 15 is 0 Å².